The van der Waals surface area contributed by atoms with Crippen LogP contribution in [0.4, 0.5) is 0 Å². The summed E-state index contributed by atoms with van der Waals surface area (Å²) in [6.07, 6.45) is 4.50. The van der Waals surface area contributed by atoms with Crippen LogP contribution >= 0.6 is 0 Å². The molecule has 0 unspecified atom stereocenters. The van der Waals surface area contributed by atoms with Crippen molar-refractivity contribution < 1.29 is 68.9 Å². The Labute approximate surface area is 102 Å². The van der Waals surface area contributed by atoms with Gasteiger partial charge in [0.05, 0.1) is 0 Å². The first-order valence-corrected chi connectivity index (χ1v) is 1.75. The van der Waals surface area contributed by atoms with E-state index >= 15 is 0 Å². The van der Waals surface area contributed by atoms with Crippen LogP contribution in [-0.4, -0.2) is 9.78 Å². The van der Waals surface area contributed by atoms with Crippen LogP contribution in [0.3, 0.4) is 0 Å². The molecule has 0 aliphatic rings. The third kappa shape index (κ3) is 2.95. The SMILES string of the molecule is Cn1[c-]ccn1.[Cs+]. The van der Waals surface area contributed by atoms with Crippen LogP contribution in [-0.2, 0) is 7.05 Å². The van der Waals surface area contributed by atoms with Crippen molar-refractivity contribution >= 4 is 0 Å². The molecule has 1 heterocycles. The zero-order valence-corrected chi connectivity index (χ0v) is 10.8. The smallest absolute Gasteiger partial charge is 0.379 e. The molecule has 0 amide bonds. The quantitative estimate of drug-likeness (QED) is 0.427. The average molecular weight is 214 g/mol. The summed E-state index contributed by atoms with van der Waals surface area (Å²) in [5.74, 6) is 0. The molecule has 2 nitrogen and oxygen atoms in total. The van der Waals surface area contributed by atoms with Gasteiger partial charge in [0.25, 0.3) is 0 Å². The molecule has 1 rings (SSSR count). The summed E-state index contributed by atoms with van der Waals surface area (Å²) >= 11 is 0. The molecule has 0 aliphatic carbocycles. The number of aromatic nitrogens is 2. The Hall–Kier alpha value is 1.26. The fourth-order valence-electron chi connectivity index (χ4n) is 0.308. The molecule has 0 aliphatic heterocycles. The van der Waals surface area contributed by atoms with Gasteiger partial charge < -0.3 is 4.68 Å². The standard InChI is InChI=1S/C4H5N2.Cs/c1-6-4-2-3-5-6;/h2-3H,1H3;/q-1;+1. The van der Waals surface area contributed by atoms with Gasteiger partial charge in [0.15, 0.2) is 0 Å². The number of nitrogens with zero attached hydrogens (tertiary/aromatic N) is 2. The Morgan fingerprint density at radius 2 is 2.43 bits per heavy atom. The first-order chi connectivity index (χ1) is 2.89. The van der Waals surface area contributed by atoms with Gasteiger partial charge in [-0.3, -0.25) is 5.10 Å². The zero-order chi connectivity index (χ0) is 4.41. The van der Waals surface area contributed by atoms with E-state index < -0.39 is 0 Å². The van der Waals surface area contributed by atoms with E-state index in [1.165, 1.54) is 0 Å². The van der Waals surface area contributed by atoms with E-state index in [4.69, 9.17) is 0 Å². The first-order valence-electron chi connectivity index (χ1n) is 1.75. The molecule has 0 radical (unpaired) electrons. The predicted molar refractivity (Wildman–Crippen MR) is 22.0 cm³/mol. The van der Waals surface area contributed by atoms with Gasteiger partial charge in [-0.15, -0.1) is 12.4 Å². The molecule has 0 spiro atoms. The largest absolute Gasteiger partial charge is 1.00 e. The van der Waals surface area contributed by atoms with Crippen LogP contribution in [0.15, 0.2) is 12.3 Å². The summed E-state index contributed by atoms with van der Waals surface area (Å²) in [6.45, 7) is 0. The summed E-state index contributed by atoms with van der Waals surface area (Å²) in [4.78, 5) is 0. The van der Waals surface area contributed by atoms with Crippen LogP contribution in [0.2, 0.25) is 0 Å². The molecule has 0 saturated carbocycles. The average Bonchev–Trinajstić information content (AvgIpc) is 1.86. The van der Waals surface area contributed by atoms with E-state index in [0.29, 0.717) is 0 Å². The van der Waals surface area contributed by atoms with Crippen molar-refractivity contribution in [2.24, 2.45) is 7.05 Å². The van der Waals surface area contributed by atoms with E-state index in [0.717, 1.165) is 0 Å². The molecule has 0 fully saturated rings. The van der Waals surface area contributed by atoms with E-state index in [1.807, 2.05) is 7.05 Å². The van der Waals surface area contributed by atoms with Gasteiger partial charge in [-0.2, -0.15) is 6.07 Å². The minimum atomic E-state index is 0. The van der Waals surface area contributed by atoms with E-state index in [9.17, 15) is 0 Å². The fourth-order valence-corrected chi connectivity index (χ4v) is 0.308. The Balaban J connectivity index is 0.000000360. The van der Waals surface area contributed by atoms with Gasteiger partial charge in [-0.25, -0.2) is 0 Å². The monoisotopic (exact) mass is 214 g/mol. The van der Waals surface area contributed by atoms with Crippen LogP contribution in [0.25, 0.3) is 0 Å². The Morgan fingerprint density at radius 1 is 1.71 bits per heavy atom. The maximum Gasteiger partial charge on any atom is 1.00 e. The van der Waals surface area contributed by atoms with Gasteiger partial charge in [0, 0.05) is 7.05 Å². The van der Waals surface area contributed by atoms with Crippen LogP contribution < -0.4 is 68.9 Å². The molecule has 0 saturated heterocycles. The molecule has 0 N–H and O–H groups in total. The molecule has 0 aromatic carbocycles. The van der Waals surface area contributed by atoms with Gasteiger partial charge in [-0.1, -0.05) is 0 Å². The summed E-state index contributed by atoms with van der Waals surface area (Å²) < 4.78 is 1.62. The normalized spacial score (nSPS) is 7.57. The molecule has 3 heteroatoms. The molecule has 0 bridgehead atoms. The molecule has 1 aromatic heterocycles. The van der Waals surface area contributed by atoms with Crippen molar-refractivity contribution in [1.29, 1.82) is 0 Å². The molecular weight excluding hydrogens is 209 g/mol. The minimum absolute atomic E-state index is 0. The summed E-state index contributed by atoms with van der Waals surface area (Å²) in [7, 11) is 1.83. The number of aryl methyl sites for hydroxylation is 1. The summed E-state index contributed by atoms with van der Waals surface area (Å²) in [6, 6.07) is 1.76. The summed E-state index contributed by atoms with van der Waals surface area (Å²) in [5.41, 5.74) is 0. The minimum Gasteiger partial charge on any atom is -0.379 e. The Morgan fingerprint density at radius 3 is 2.57 bits per heavy atom. The fraction of sp³-hybridized carbons (Fsp3) is 0.250. The molecule has 0 atom stereocenters. The predicted octanol–water partition coefficient (Wildman–Crippen LogP) is -2.78. The molecular formula is C4H5CsN2. The maximum atomic E-state index is 3.78. The van der Waals surface area contributed by atoms with Gasteiger partial charge >= 0.3 is 68.9 Å². The second kappa shape index (κ2) is 4.17. The molecule has 1 aromatic rings. The zero-order valence-electron chi connectivity index (χ0n) is 4.55. The number of hydrogen-bond donors (Lipinski definition) is 0. The number of rotatable bonds is 0. The third-order valence-corrected chi connectivity index (χ3v) is 0.576. The van der Waals surface area contributed by atoms with E-state index in [-0.39, 0.29) is 68.9 Å². The second-order valence-electron chi connectivity index (χ2n) is 1.08. The van der Waals surface area contributed by atoms with Crippen molar-refractivity contribution in [2.45, 2.75) is 0 Å². The third-order valence-electron chi connectivity index (χ3n) is 0.576. The Kier molecular flexibility index (Phi) is 4.92. The van der Waals surface area contributed by atoms with Crippen molar-refractivity contribution in [2.75, 3.05) is 0 Å². The molecule has 32 valence electrons. The van der Waals surface area contributed by atoms with Crippen molar-refractivity contribution in [3.8, 4) is 0 Å². The second-order valence-corrected chi connectivity index (χ2v) is 1.08. The first kappa shape index (κ1) is 8.26. The van der Waals surface area contributed by atoms with Crippen molar-refractivity contribution in [1.82, 2.24) is 9.78 Å². The topological polar surface area (TPSA) is 17.8 Å². The molecule has 7 heavy (non-hydrogen) atoms. The van der Waals surface area contributed by atoms with Crippen LogP contribution in [0.1, 0.15) is 0 Å². The van der Waals surface area contributed by atoms with Crippen LogP contribution in [0.5, 0.6) is 0 Å². The van der Waals surface area contributed by atoms with Crippen molar-refractivity contribution in [3.63, 3.8) is 0 Å². The maximum absolute atomic E-state index is 3.78. The van der Waals surface area contributed by atoms with Gasteiger partial charge in [0.1, 0.15) is 0 Å². The van der Waals surface area contributed by atoms with E-state index in [1.54, 1.807) is 16.9 Å². The number of hydrogen-bond acceptors (Lipinski definition) is 1. The van der Waals surface area contributed by atoms with Crippen molar-refractivity contribution in [3.05, 3.63) is 18.5 Å². The van der Waals surface area contributed by atoms with E-state index in [2.05, 4.69) is 11.3 Å². The van der Waals surface area contributed by atoms with Gasteiger partial charge in [-0.05, 0) is 0 Å². The summed E-state index contributed by atoms with van der Waals surface area (Å²) in [5, 5.41) is 3.78. The van der Waals surface area contributed by atoms with Gasteiger partial charge in [0.2, 0.25) is 0 Å². The Bertz CT molecular complexity index is 113. The van der Waals surface area contributed by atoms with Crippen LogP contribution in [0, 0.1) is 6.20 Å².